The molecule has 0 saturated carbocycles. The summed E-state index contributed by atoms with van der Waals surface area (Å²) < 4.78 is 5.23. The van der Waals surface area contributed by atoms with Crippen LogP contribution in [0.2, 0.25) is 0 Å². The number of rotatable bonds is 5. The summed E-state index contributed by atoms with van der Waals surface area (Å²) in [6, 6.07) is 3.72. The van der Waals surface area contributed by atoms with Gasteiger partial charge in [-0.25, -0.2) is 4.98 Å². The Morgan fingerprint density at radius 3 is 3.22 bits per heavy atom. The first-order valence-electron chi connectivity index (χ1n) is 7.83. The van der Waals surface area contributed by atoms with Crippen molar-refractivity contribution in [1.29, 1.82) is 0 Å². The molecule has 0 unspecified atom stereocenters. The van der Waals surface area contributed by atoms with Crippen molar-refractivity contribution in [2.24, 2.45) is 0 Å². The molecule has 1 amide bonds. The van der Waals surface area contributed by atoms with Gasteiger partial charge in [0.05, 0.1) is 6.26 Å². The summed E-state index contributed by atoms with van der Waals surface area (Å²) in [5.74, 6) is 1.23. The summed E-state index contributed by atoms with van der Waals surface area (Å²) >= 11 is 0. The van der Waals surface area contributed by atoms with E-state index in [4.69, 9.17) is 4.42 Å². The SMILES string of the molecule is O=C(CCc1ccco1)N[C@@H]1CCCN(c2ncc[nH]c2=O)C1. The van der Waals surface area contributed by atoms with E-state index in [1.165, 1.54) is 6.20 Å². The maximum Gasteiger partial charge on any atom is 0.290 e. The zero-order chi connectivity index (χ0) is 16.1. The van der Waals surface area contributed by atoms with E-state index in [0.29, 0.717) is 25.2 Å². The lowest BCUT2D eigenvalue weighted by Gasteiger charge is -2.33. The van der Waals surface area contributed by atoms with Gasteiger partial charge >= 0.3 is 0 Å². The van der Waals surface area contributed by atoms with Gasteiger partial charge in [0.25, 0.3) is 5.56 Å². The molecule has 23 heavy (non-hydrogen) atoms. The van der Waals surface area contributed by atoms with E-state index in [1.807, 2.05) is 17.0 Å². The van der Waals surface area contributed by atoms with Crippen molar-refractivity contribution >= 4 is 11.7 Å². The van der Waals surface area contributed by atoms with Crippen molar-refractivity contribution in [2.45, 2.75) is 31.7 Å². The number of carbonyl (C=O) groups excluding carboxylic acids is 1. The van der Waals surface area contributed by atoms with Crippen molar-refractivity contribution in [3.8, 4) is 0 Å². The number of furan rings is 1. The van der Waals surface area contributed by atoms with Gasteiger partial charge in [-0.1, -0.05) is 0 Å². The molecule has 0 bridgehead atoms. The Bertz CT molecular complexity index is 695. The van der Waals surface area contributed by atoms with E-state index in [0.717, 1.165) is 25.1 Å². The summed E-state index contributed by atoms with van der Waals surface area (Å²) in [6.45, 7) is 1.38. The van der Waals surface area contributed by atoms with Gasteiger partial charge in [-0.05, 0) is 25.0 Å². The normalized spacial score (nSPS) is 17.9. The highest BCUT2D eigenvalue weighted by atomic mass is 16.3. The summed E-state index contributed by atoms with van der Waals surface area (Å²) in [4.78, 5) is 32.6. The zero-order valence-corrected chi connectivity index (χ0v) is 12.8. The van der Waals surface area contributed by atoms with Crippen LogP contribution in [0.1, 0.15) is 25.0 Å². The van der Waals surface area contributed by atoms with Gasteiger partial charge < -0.3 is 19.6 Å². The van der Waals surface area contributed by atoms with Gasteiger partial charge in [-0.3, -0.25) is 9.59 Å². The Labute approximate surface area is 133 Å². The lowest BCUT2D eigenvalue weighted by atomic mass is 10.1. The number of nitrogens with one attached hydrogen (secondary N) is 2. The maximum atomic E-state index is 12.1. The number of amides is 1. The molecule has 2 aromatic heterocycles. The summed E-state index contributed by atoms with van der Waals surface area (Å²) in [5, 5.41) is 3.04. The Hall–Kier alpha value is -2.57. The van der Waals surface area contributed by atoms with Crippen molar-refractivity contribution in [2.75, 3.05) is 18.0 Å². The lowest BCUT2D eigenvalue weighted by Crippen LogP contribution is -2.49. The van der Waals surface area contributed by atoms with Gasteiger partial charge in [0.1, 0.15) is 5.76 Å². The number of hydrogen-bond donors (Lipinski definition) is 2. The third-order valence-corrected chi connectivity index (χ3v) is 3.95. The Balaban J connectivity index is 1.53. The molecule has 2 N–H and O–H groups in total. The van der Waals surface area contributed by atoms with Crippen LogP contribution in [-0.2, 0) is 11.2 Å². The van der Waals surface area contributed by atoms with Crippen LogP contribution in [0.3, 0.4) is 0 Å². The predicted octanol–water partition coefficient (Wildman–Crippen LogP) is 1.08. The fourth-order valence-corrected chi connectivity index (χ4v) is 2.85. The minimum absolute atomic E-state index is 0.00294. The highest BCUT2D eigenvalue weighted by Crippen LogP contribution is 2.14. The topological polar surface area (TPSA) is 91.2 Å². The van der Waals surface area contributed by atoms with Crippen LogP contribution in [0.4, 0.5) is 5.82 Å². The fraction of sp³-hybridized carbons (Fsp3) is 0.438. The molecule has 0 aromatic carbocycles. The highest BCUT2D eigenvalue weighted by molar-refractivity contribution is 5.76. The Morgan fingerprint density at radius 2 is 2.43 bits per heavy atom. The first-order chi connectivity index (χ1) is 11.2. The average Bonchev–Trinajstić information content (AvgIpc) is 3.07. The van der Waals surface area contributed by atoms with E-state index in [1.54, 1.807) is 12.5 Å². The largest absolute Gasteiger partial charge is 0.469 e. The molecule has 122 valence electrons. The van der Waals surface area contributed by atoms with Gasteiger partial charge in [-0.2, -0.15) is 0 Å². The number of carbonyl (C=O) groups is 1. The Kier molecular flexibility index (Phi) is 4.75. The number of hydrogen-bond acceptors (Lipinski definition) is 5. The molecule has 1 aliphatic heterocycles. The monoisotopic (exact) mass is 316 g/mol. The molecule has 3 rings (SSSR count). The van der Waals surface area contributed by atoms with Crippen LogP contribution in [-0.4, -0.2) is 35.0 Å². The Morgan fingerprint density at radius 1 is 1.52 bits per heavy atom. The van der Waals surface area contributed by atoms with Crippen LogP contribution in [0.5, 0.6) is 0 Å². The molecule has 0 aliphatic carbocycles. The lowest BCUT2D eigenvalue weighted by molar-refractivity contribution is -0.121. The number of H-pyrrole nitrogens is 1. The smallest absolute Gasteiger partial charge is 0.290 e. The molecule has 1 atom stereocenters. The number of piperidine rings is 1. The average molecular weight is 316 g/mol. The molecular weight excluding hydrogens is 296 g/mol. The van der Waals surface area contributed by atoms with Crippen LogP contribution >= 0.6 is 0 Å². The van der Waals surface area contributed by atoms with Gasteiger partial charge in [0.2, 0.25) is 5.91 Å². The number of aryl methyl sites for hydroxylation is 1. The van der Waals surface area contributed by atoms with Crippen LogP contribution in [0.25, 0.3) is 0 Å². The van der Waals surface area contributed by atoms with E-state index >= 15 is 0 Å². The third-order valence-electron chi connectivity index (χ3n) is 3.95. The van der Waals surface area contributed by atoms with Crippen molar-refractivity contribution in [3.05, 3.63) is 46.9 Å². The number of aromatic nitrogens is 2. The molecule has 7 nitrogen and oxygen atoms in total. The van der Waals surface area contributed by atoms with Crippen molar-refractivity contribution < 1.29 is 9.21 Å². The maximum absolute atomic E-state index is 12.1. The molecular formula is C16H20N4O3. The summed E-state index contributed by atoms with van der Waals surface area (Å²) in [7, 11) is 0. The molecule has 0 radical (unpaired) electrons. The van der Waals surface area contributed by atoms with Crippen molar-refractivity contribution in [3.63, 3.8) is 0 Å². The van der Waals surface area contributed by atoms with Gasteiger partial charge in [0.15, 0.2) is 5.82 Å². The highest BCUT2D eigenvalue weighted by Gasteiger charge is 2.23. The van der Waals surface area contributed by atoms with E-state index in [9.17, 15) is 9.59 Å². The molecule has 1 fully saturated rings. The van der Waals surface area contributed by atoms with E-state index < -0.39 is 0 Å². The summed E-state index contributed by atoms with van der Waals surface area (Å²) in [5.41, 5.74) is -0.197. The fourth-order valence-electron chi connectivity index (χ4n) is 2.85. The molecule has 1 aliphatic rings. The van der Waals surface area contributed by atoms with Gasteiger partial charge in [-0.15, -0.1) is 0 Å². The van der Waals surface area contributed by atoms with Crippen molar-refractivity contribution in [1.82, 2.24) is 15.3 Å². The van der Waals surface area contributed by atoms with Crippen LogP contribution in [0.15, 0.2) is 40.0 Å². The molecule has 2 aromatic rings. The molecule has 0 spiro atoms. The predicted molar refractivity (Wildman–Crippen MR) is 85.3 cm³/mol. The second kappa shape index (κ2) is 7.13. The second-order valence-corrected chi connectivity index (χ2v) is 5.67. The third kappa shape index (κ3) is 4.00. The quantitative estimate of drug-likeness (QED) is 0.861. The molecule has 7 heteroatoms. The number of aromatic amines is 1. The zero-order valence-electron chi connectivity index (χ0n) is 12.8. The van der Waals surface area contributed by atoms with Gasteiger partial charge in [0, 0.05) is 44.4 Å². The minimum atomic E-state index is -0.197. The van der Waals surface area contributed by atoms with E-state index in [2.05, 4.69) is 15.3 Å². The summed E-state index contributed by atoms with van der Waals surface area (Å²) in [6.07, 6.45) is 7.51. The van der Waals surface area contributed by atoms with E-state index in [-0.39, 0.29) is 17.5 Å². The molecule has 3 heterocycles. The first-order valence-corrected chi connectivity index (χ1v) is 7.83. The van der Waals surface area contributed by atoms with Crippen LogP contribution in [0, 0.1) is 0 Å². The second-order valence-electron chi connectivity index (χ2n) is 5.67. The first kappa shape index (κ1) is 15.3. The van der Waals surface area contributed by atoms with Crippen LogP contribution < -0.4 is 15.8 Å². The molecule has 1 saturated heterocycles. The number of anilines is 1. The standard InChI is InChI=1S/C16H20N4O3/c21-14(6-5-13-4-2-10-23-13)19-12-3-1-9-20(11-12)15-16(22)18-8-7-17-15/h2,4,7-8,10,12H,1,3,5-6,9,11H2,(H,18,22)(H,19,21)/t12-/m1/s1. The number of nitrogens with zero attached hydrogens (tertiary/aromatic N) is 2. The minimum Gasteiger partial charge on any atom is -0.469 e.